The van der Waals surface area contributed by atoms with E-state index in [1.54, 1.807) is 23.3 Å². The second-order valence-electron chi connectivity index (χ2n) is 4.61. The molecule has 3 rings (SSSR count). The fourth-order valence-corrected chi connectivity index (χ4v) is 3.33. The SMILES string of the molecule is CCC1CN(c2nc(N)nc(-n3ccnc3)n2)CCS1. The van der Waals surface area contributed by atoms with Gasteiger partial charge in [-0.3, -0.25) is 4.57 Å². The third-order valence-corrected chi connectivity index (χ3v) is 4.61. The Morgan fingerprint density at radius 2 is 2.20 bits per heavy atom. The molecule has 0 aromatic carbocycles. The van der Waals surface area contributed by atoms with Gasteiger partial charge in [-0.1, -0.05) is 6.92 Å². The molecule has 1 fully saturated rings. The van der Waals surface area contributed by atoms with Gasteiger partial charge >= 0.3 is 0 Å². The summed E-state index contributed by atoms with van der Waals surface area (Å²) in [5.74, 6) is 2.49. The lowest BCUT2D eigenvalue weighted by Crippen LogP contribution is -2.39. The van der Waals surface area contributed by atoms with Crippen LogP contribution in [0.15, 0.2) is 18.7 Å². The summed E-state index contributed by atoms with van der Waals surface area (Å²) in [6.45, 7) is 4.10. The molecule has 1 aliphatic heterocycles. The molecule has 2 aromatic rings. The summed E-state index contributed by atoms with van der Waals surface area (Å²) in [4.78, 5) is 19.1. The summed E-state index contributed by atoms with van der Waals surface area (Å²) in [5.41, 5.74) is 5.81. The molecule has 0 aliphatic carbocycles. The van der Waals surface area contributed by atoms with Crippen LogP contribution >= 0.6 is 11.8 Å². The topological polar surface area (TPSA) is 85.8 Å². The Bertz CT molecular complexity index is 571. The van der Waals surface area contributed by atoms with Crippen molar-refractivity contribution in [3.05, 3.63) is 18.7 Å². The highest BCUT2D eigenvalue weighted by Crippen LogP contribution is 2.24. The van der Waals surface area contributed by atoms with Crippen molar-refractivity contribution in [2.45, 2.75) is 18.6 Å². The smallest absolute Gasteiger partial charge is 0.241 e. The van der Waals surface area contributed by atoms with Crippen molar-refractivity contribution in [1.29, 1.82) is 0 Å². The minimum atomic E-state index is 0.241. The summed E-state index contributed by atoms with van der Waals surface area (Å²) in [6, 6.07) is 0. The Morgan fingerprint density at radius 1 is 1.35 bits per heavy atom. The van der Waals surface area contributed by atoms with Crippen LogP contribution in [0, 0.1) is 0 Å². The van der Waals surface area contributed by atoms with E-state index in [-0.39, 0.29) is 5.95 Å². The second-order valence-corrected chi connectivity index (χ2v) is 6.02. The third-order valence-electron chi connectivity index (χ3n) is 3.24. The van der Waals surface area contributed by atoms with E-state index < -0.39 is 0 Å². The first-order chi connectivity index (χ1) is 9.76. The summed E-state index contributed by atoms with van der Waals surface area (Å²) >= 11 is 2.01. The van der Waals surface area contributed by atoms with E-state index in [4.69, 9.17) is 5.73 Å². The molecule has 0 radical (unpaired) electrons. The highest BCUT2D eigenvalue weighted by Gasteiger charge is 2.22. The third kappa shape index (κ3) is 2.69. The van der Waals surface area contributed by atoms with E-state index in [1.807, 2.05) is 11.8 Å². The molecule has 0 saturated carbocycles. The van der Waals surface area contributed by atoms with Crippen LogP contribution < -0.4 is 10.6 Å². The van der Waals surface area contributed by atoms with Gasteiger partial charge < -0.3 is 10.6 Å². The van der Waals surface area contributed by atoms with Crippen LogP contribution in [0.1, 0.15) is 13.3 Å². The van der Waals surface area contributed by atoms with Crippen molar-refractivity contribution in [2.24, 2.45) is 0 Å². The monoisotopic (exact) mass is 291 g/mol. The molecule has 1 atom stereocenters. The number of thioether (sulfide) groups is 1. The van der Waals surface area contributed by atoms with Crippen molar-refractivity contribution in [3.63, 3.8) is 0 Å². The average Bonchev–Trinajstić information content (AvgIpc) is 3.01. The highest BCUT2D eigenvalue weighted by atomic mass is 32.2. The second kappa shape index (κ2) is 5.66. The maximum atomic E-state index is 5.81. The number of hydrogen-bond donors (Lipinski definition) is 1. The predicted octanol–water partition coefficient (Wildman–Crippen LogP) is 0.971. The molecule has 3 heterocycles. The Morgan fingerprint density at radius 3 is 2.95 bits per heavy atom. The number of anilines is 2. The first-order valence-corrected chi connectivity index (χ1v) is 7.67. The van der Waals surface area contributed by atoms with Crippen LogP contribution in [-0.4, -0.2) is 48.6 Å². The Labute approximate surface area is 121 Å². The molecular formula is C12H17N7S. The van der Waals surface area contributed by atoms with Crippen LogP contribution in [-0.2, 0) is 0 Å². The number of nitrogens with zero attached hydrogens (tertiary/aromatic N) is 6. The molecule has 2 aromatic heterocycles. The van der Waals surface area contributed by atoms with E-state index in [2.05, 4.69) is 31.8 Å². The number of imidazole rings is 1. The molecule has 2 N–H and O–H groups in total. The quantitative estimate of drug-likeness (QED) is 0.901. The van der Waals surface area contributed by atoms with E-state index in [9.17, 15) is 0 Å². The van der Waals surface area contributed by atoms with Gasteiger partial charge in [-0.05, 0) is 6.42 Å². The molecule has 8 heteroatoms. The van der Waals surface area contributed by atoms with E-state index in [1.165, 1.54) is 0 Å². The largest absolute Gasteiger partial charge is 0.368 e. The van der Waals surface area contributed by atoms with Gasteiger partial charge in [0.2, 0.25) is 17.8 Å². The molecule has 1 aliphatic rings. The van der Waals surface area contributed by atoms with Gasteiger partial charge in [0.05, 0.1) is 0 Å². The van der Waals surface area contributed by atoms with E-state index >= 15 is 0 Å². The molecule has 0 bridgehead atoms. The van der Waals surface area contributed by atoms with E-state index in [0.29, 0.717) is 17.1 Å². The van der Waals surface area contributed by atoms with Crippen LogP contribution in [0.3, 0.4) is 0 Å². The normalized spacial score (nSPS) is 19.2. The lowest BCUT2D eigenvalue weighted by atomic mass is 10.3. The van der Waals surface area contributed by atoms with Gasteiger partial charge in [-0.25, -0.2) is 4.98 Å². The Balaban J connectivity index is 1.89. The molecular weight excluding hydrogens is 274 g/mol. The minimum Gasteiger partial charge on any atom is -0.368 e. The van der Waals surface area contributed by atoms with Gasteiger partial charge in [-0.15, -0.1) is 0 Å². The maximum Gasteiger partial charge on any atom is 0.241 e. The lowest BCUT2D eigenvalue weighted by Gasteiger charge is -2.31. The molecule has 0 amide bonds. The summed E-state index contributed by atoms with van der Waals surface area (Å²) < 4.78 is 1.73. The van der Waals surface area contributed by atoms with Crippen LogP contribution in [0.25, 0.3) is 5.95 Å². The zero-order valence-corrected chi connectivity index (χ0v) is 12.1. The molecule has 106 valence electrons. The fourth-order valence-electron chi connectivity index (χ4n) is 2.15. The number of rotatable bonds is 3. The summed E-state index contributed by atoms with van der Waals surface area (Å²) in [6.07, 6.45) is 6.28. The zero-order valence-electron chi connectivity index (χ0n) is 11.3. The number of nitrogens with two attached hydrogens (primary N) is 1. The molecule has 1 saturated heterocycles. The van der Waals surface area contributed by atoms with Crippen LogP contribution in [0.5, 0.6) is 0 Å². The maximum absolute atomic E-state index is 5.81. The van der Waals surface area contributed by atoms with Gasteiger partial charge in [0.25, 0.3) is 0 Å². The van der Waals surface area contributed by atoms with Crippen LogP contribution in [0.2, 0.25) is 0 Å². The van der Waals surface area contributed by atoms with Crippen molar-refractivity contribution in [3.8, 4) is 5.95 Å². The first kappa shape index (κ1) is 13.2. The van der Waals surface area contributed by atoms with Gasteiger partial charge in [0.15, 0.2) is 0 Å². The number of aromatic nitrogens is 5. The standard InChI is InChI=1S/C12H17N7S/c1-2-9-7-18(5-6-20-9)11-15-10(13)16-12(17-11)19-4-3-14-8-19/h3-4,8-9H,2,5-7H2,1H3,(H2,13,15,16,17). The van der Waals surface area contributed by atoms with Crippen molar-refractivity contribution >= 4 is 23.7 Å². The molecule has 1 unspecified atom stereocenters. The Kier molecular flexibility index (Phi) is 3.72. The van der Waals surface area contributed by atoms with E-state index in [0.717, 1.165) is 25.3 Å². The Hall–Kier alpha value is -1.83. The minimum absolute atomic E-state index is 0.241. The molecule has 0 spiro atoms. The fraction of sp³-hybridized carbons (Fsp3) is 0.500. The first-order valence-electron chi connectivity index (χ1n) is 6.62. The lowest BCUT2D eigenvalue weighted by molar-refractivity contribution is 0.704. The summed E-state index contributed by atoms with van der Waals surface area (Å²) in [7, 11) is 0. The van der Waals surface area contributed by atoms with Crippen molar-refractivity contribution < 1.29 is 0 Å². The van der Waals surface area contributed by atoms with Gasteiger partial charge in [0, 0.05) is 36.5 Å². The van der Waals surface area contributed by atoms with Gasteiger partial charge in [-0.2, -0.15) is 26.7 Å². The van der Waals surface area contributed by atoms with Crippen molar-refractivity contribution in [2.75, 3.05) is 29.5 Å². The molecule has 7 nitrogen and oxygen atoms in total. The predicted molar refractivity (Wildman–Crippen MR) is 80.1 cm³/mol. The molecule has 20 heavy (non-hydrogen) atoms. The summed E-state index contributed by atoms with van der Waals surface area (Å²) in [5, 5.41) is 0.624. The van der Waals surface area contributed by atoms with Crippen LogP contribution in [0.4, 0.5) is 11.9 Å². The van der Waals surface area contributed by atoms with Crippen molar-refractivity contribution in [1.82, 2.24) is 24.5 Å². The average molecular weight is 291 g/mol. The zero-order chi connectivity index (χ0) is 13.9. The number of hydrogen-bond acceptors (Lipinski definition) is 7. The highest BCUT2D eigenvalue weighted by molar-refractivity contribution is 8.00. The number of nitrogen functional groups attached to an aromatic ring is 1. The van der Waals surface area contributed by atoms with Gasteiger partial charge in [0.1, 0.15) is 6.33 Å².